The van der Waals surface area contributed by atoms with Crippen molar-refractivity contribution in [1.82, 2.24) is 14.3 Å². The van der Waals surface area contributed by atoms with E-state index in [-0.39, 0.29) is 5.91 Å². The summed E-state index contributed by atoms with van der Waals surface area (Å²) in [5.41, 5.74) is 4.31. The number of carbonyl (C=O) groups is 1. The molecule has 4 rings (SSSR count). The molecule has 128 valence electrons. The molecule has 0 aliphatic carbocycles. The first-order valence-electron chi connectivity index (χ1n) is 8.76. The van der Waals surface area contributed by atoms with Crippen molar-refractivity contribution in [2.45, 2.75) is 26.3 Å². The molecular formula is C20H22N4O. The van der Waals surface area contributed by atoms with Crippen LogP contribution in [0.1, 0.15) is 34.6 Å². The van der Waals surface area contributed by atoms with Crippen molar-refractivity contribution in [3.05, 3.63) is 65.6 Å². The van der Waals surface area contributed by atoms with Crippen LogP contribution < -0.4 is 5.32 Å². The number of imidazole rings is 1. The van der Waals surface area contributed by atoms with Gasteiger partial charge in [-0.25, -0.2) is 4.98 Å². The summed E-state index contributed by atoms with van der Waals surface area (Å²) in [4.78, 5) is 19.4. The second kappa shape index (κ2) is 6.69. The van der Waals surface area contributed by atoms with Crippen molar-refractivity contribution in [1.29, 1.82) is 0 Å². The molecule has 5 nitrogen and oxygen atoms in total. The average molecular weight is 334 g/mol. The molecule has 25 heavy (non-hydrogen) atoms. The zero-order chi connectivity index (χ0) is 17.2. The summed E-state index contributed by atoms with van der Waals surface area (Å²) in [5, 5.41) is 2.97. The first-order chi connectivity index (χ1) is 12.2. The summed E-state index contributed by atoms with van der Waals surface area (Å²) in [7, 11) is 0. The van der Waals surface area contributed by atoms with Gasteiger partial charge in [-0.2, -0.15) is 0 Å². The molecular weight excluding hydrogens is 312 g/mol. The maximum absolute atomic E-state index is 12.6. The average Bonchev–Trinajstić information content (AvgIpc) is 3.25. The van der Waals surface area contributed by atoms with Gasteiger partial charge in [-0.15, -0.1) is 0 Å². The van der Waals surface area contributed by atoms with Crippen LogP contribution in [0.5, 0.6) is 0 Å². The number of likely N-dealkylation sites (tertiary alicyclic amines) is 1. The van der Waals surface area contributed by atoms with Crippen molar-refractivity contribution in [3.8, 4) is 0 Å². The predicted octanol–water partition coefficient (Wildman–Crippen LogP) is 3.49. The fraction of sp³-hybridized carbons (Fsp3) is 0.300. The summed E-state index contributed by atoms with van der Waals surface area (Å²) >= 11 is 0. The predicted molar refractivity (Wildman–Crippen MR) is 98.8 cm³/mol. The van der Waals surface area contributed by atoms with Crippen LogP contribution in [0.3, 0.4) is 0 Å². The van der Waals surface area contributed by atoms with Gasteiger partial charge < -0.3 is 9.72 Å². The number of aromatic nitrogens is 2. The summed E-state index contributed by atoms with van der Waals surface area (Å²) in [5.74, 6) is -0.179. The van der Waals surface area contributed by atoms with Crippen LogP contribution in [0.4, 0.5) is 5.69 Å². The lowest BCUT2D eigenvalue weighted by Gasteiger charge is -2.15. The Hall–Kier alpha value is -2.66. The summed E-state index contributed by atoms with van der Waals surface area (Å²) in [6.07, 6.45) is 4.35. The number of anilines is 1. The van der Waals surface area contributed by atoms with Gasteiger partial charge in [-0.3, -0.25) is 9.69 Å². The van der Waals surface area contributed by atoms with E-state index in [0.717, 1.165) is 36.7 Å². The first-order valence-corrected chi connectivity index (χ1v) is 8.76. The summed E-state index contributed by atoms with van der Waals surface area (Å²) in [6, 6.07) is 13.9. The topological polar surface area (TPSA) is 49.6 Å². The number of fused-ring (bicyclic) bond motifs is 1. The van der Waals surface area contributed by atoms with Crippen molar-refractivity contribution < 1.29 is 4.79 Å². The van der Waals surface area contributed by atoms with E-state index >= 15 is 0 Å². The van der Waals surface area contributed by atoms with Gasteiger partial charge in [0, 0.05) is 24.1 Å². The number of benzene rings is 1. The molecule has 1 aromatic carbocycles. The minimum absolute atomic E-state index is 0.179. The van der Waals surface area contributed by atoms with Crippen LogP contribution in [0.2, 0.25) is 0 Å². The molecule has 1 saturated heterocycles. The van der Waals surface area contributed by atoms with E-state index in [1.54, 1.807) is 6.20 Å². The smallest absolute Gasteiger partial charge is 0.275 e. The molecule has 0 unspecified atom stereocenters. The molecule has 1 aliphatic rings. The zero-order valence-electron chi connectivity index (χ0n) is 14.4. The molecule has 2 aromatic heterocycles. The SMILES string of the molecule is Cc1cccc2nc(C(=O)Nc3cccc(CN4CCCC4)c3)cn12. The number of carbonyl (C=O) groups excluding carboxylic acids is 1. The molecule has 1 amide bonds. The Morgan fingerprint density at radius 3 is 2.76 bits per heavy atom. The highest BCUT2D eigenvalue weighted by Crippen LogP contribution is 2.17. The first kappa shape index (κ1) is 15.8. The second-order valence-corrected chi connectivity index (χ2v) is 6.66. The minimum Gasteiger partial charge on any atom is -0.321 e. The monoisotopic (exact) mass is 334 g/mol. The van der Waals surface area contributed by atoms with Crippen LogP contribution in [0.15, 0.2) is 48.7 Å². The Balaban J connectivity index is 1.50. The van der Waals surface area contributed by atoms with Gasteiger partial charge in [-0.1, -0.05) is 18.2 Å². The second-order valence-electron chi connectivity index (χ2n) is 6.66. The number of pyridine rings is 1. The fourth-order valence-corrected chi connectivity index (χ4v) is 3.40. The van der Waals surface area contributed by atoms with E-state index in [0.29, 0.717) is 5.69 Å². The number of nitrogens with one attached hydrogen (secondary N) is 1. The van der Waals surface area contributed by atoms with Crippen molar-refractivity contribution in [2.75, 3.05) is 18.4 Å². The van der Waals surface area contributed by atoms with E-state index in [4.69, 9.17) is 0 Å². The summed E-state index contributed by atoms with van der Waals surface area (Å²) in [6.45, 7) is 5.27. The number of nitrogens with zero attached hydrogens (tertiary/aromatic N) is 3. The Kier molecular flexibility index (Phi) is 4.24. The largest absolute Gasteiger partial charge is 0.321 e. The van der Waals surface area contributed by atoms with Gasteiger partial charge in [0.2, 0.25) is 0 Å². The van der Waals surface area contributed by atoms with Crippen LogP contribution in [-0.4, -0.2) is 33.3 Å². The van der Waals surface area contributed by atoms with Crippen LogP contribution in [0, 0.1) is 6.92 Å². The molecule has 0 bridgehead atoms. The van der Waals surface area contributed by atoms with Gasteiger partial charge in [0.15, 0.2) is 0 Å². The Bertz CT molecular complexity index is 909. The third-order valence-corrected chi connectivity index (χ3v) is 4.72. The van der Waals surface area contributed by atoms with E-state index in [1.165, 1.54) is 18.4 Å². The normalized spacial score (nSPS) is 14.9. The van der Waals surface area contributed by atoms with E-state index in [9.17, 15) is 4.79 Å². The molecule has 0 atom stereocenters. The van der Waals surface area contributed by atoms with Crippen LogP contribution in [0.25, 0.3) is 5.65 Å². The van der Waals surface area contributed by atoms with Gasteiger partial charge in [0.05, 0.1) is 0 Å². The highest BCUT2D eigenvalue weighted by atomic mass is 16.1. The number of hydrogen-bond donors (Lipinski definition) is 1. The molecule has 3 aromatic rings. The van der Waals surface area contributed by atoms with Crippen molar-refractivity contribution >= 4 is 17.2 Å². The van der Waals surface area contributed by atoms with E-state index in [2.05, 4.69) is 27.3 Å². The minimum atomic E-state index is -0.179. The zero-order valence-corrected chi connectivity index (χ0v) is 14.4. The van der Waals surface area contributed by atoms with Crippen molar-refractivity contribution in [2.24, 2.45) is 0 Å². The number of aryl methyl sites for hydroxylation is 1. The maximum Gasteiger partial charge on any atom is 0.275 e. The third-order valence-electron chi connectivity index (χ3n) is 4.72. The molecule has 3 heterocycles. The molecule has 5 heteroatoms. The molecule has 0 saturated carbocycles. The fourth-order valence-electron chi connectivity index (χ4n) is 3.40. The van der Waals surface area contributed by atoms with Gasteiger partial charge in [0.1, 0.15) is 11.3 Å². The lowest BCUT2D eigenvalue weighted by molar-refractivity contribution is 0.102. The highest BCUT2D eigenvalue weighted by Gasteiger charge is 2.14. The van der Waals surface area contributed by atoms with Gasteiger partial charge in [-0.05, 0) is 62.7 Å². The number of rotatable bonds is 4. The lowest BCUT2D eigenvalue weighted by Crippen LogP contribution is -2.18. The Morgan fingerprint density at radius 1 is 1.16 bits per heavy atom. The molecule has 1 fully saturated rings. The van der Waals surface area contributed by atoms with Gasteiger partial charge >= 0.3 is 0 Å². The number of hydrogen-bond acceptors (Lipinski definition) is 3. The van der Waals surface area contributed by atoms with E-state index in [1.807, 2.05) is 41.7 Å². The van der Waals surface area contributed by atoms with Crippen LogP contribution in [-0.2, 0) is 6.54 Å². The van der Waals surface area contributed by atoms with Crippen LogP contribution >= 0.6 is 0 Å². The third kappa shape index (κ3) is 3.42. The maximum atomic E-state index is 12.6. The molecule has 1 aliphatic heterocycles. The molecule has 1 N–H and O–H groups in total. The quantitative estimate of drug-likeness (QED) is 0.794. The molecule has 0 radical (unpaired) electrons. The number of amides is 1. The molecule has 0 spiro atoms. The standard InChI is InChI=1S/C20H22N4O/c1-15-6-4-9-19-22-18(14-24(15)19)20(25)21-17-8-5-7-16(12-17)13-23-10-2-3-11-23/h4-9,12,14H,2-3,10-11,13H2,1H3,(H,21,25). The Labute approximate surface area is 147 Å². The van der Waals surface area contributed by atoms with Crippen molar-refractivity contribution in [3.63, 3.8) is 0 Å². The Morgan fingerprint density at radius 2 is 1.96 bits per heavy atom. The highest BCUT2D eigenvalue weighted by molar-refractivity contribution is 6.03. The van der Waals surface area contributed by atoms with Gasteiger partial charge in [0.25, 0.3) is 5.91 Å². The summed E-state index contributed by atoms with van der Waals surface area (Å²) < 4.78 is 1.93. The van der Waals surface area contributed by atoms with E-state index < -0.39 is 0 Å². The lowest BCUT2D eigenvalue weighted by atomic mass is 10.2.